The second kappa shape index (κ2) is 12.8. The number of hydrogen-bond donors (Lipinski definition) is 0. The van der Waals surface area contributed by atoms with Crippen LogP contribution in [0.3, 0.4) is 0 Å². The summed E-state index contributed by atoms with van der Waals surface area (Å²) in [5.41, 5.74) is 0. The second-order valence-electron chi connectivity index (χ2n) is 8.16. The van der Waals surface area contributed by atoms with Gasteiger partial charge in [0.1, 0.15) is 0 Å². The van der Waals surface area contributed by atoms with Gasteiger partial charge in [-0.3, -0.25) is 0 Å². The summed E-state index contributed by atoms with van der Waals surface area (Å²) in [5, 5.41) is 0. The van der Waals surface area contributed by atoms with Crippen molar-refractivity contribution in [3.8, 4) is 0 Å². The van der Waals surface area contributed by atoms with Crippen LogP contribution in [-0.2, 0) is 6.42 Å². The Morgan fingerprint density at radius 1 is 0.696 bits per heavy atom. The van der Waals surface area contributed by atoms with Gasteiger partial charge in [0, 0.05) is 0 Å². The van der Waals surface area contributed by atoms with Crippen molar-refractivity contribution in [3.05, 3.63) is 17.0 Å². The molecule has 0 bridgehead atoms. The molecule has 0 radical (unpaired) electrons. The standard InChI is InChI=1S/C18H31S.3CH3.Sn/c1-2-3-4-5-6-7-8-9-10-11-12-13-15-18-16-14-17-19-18;;;;/h14,16H,2-13,15H2,1H3;3*1H3;. The Labute approximate surface area is 154 Å². The van der Waals surface area contributed by atoms with Crippen LogP contribution in [0.15, 0.2) is 12.1 Å². The van der Waals surface area contributed by atoms with Crippen LogP contribution in [0.2, 0.25) is 14.8 Å². The Morgan fingerprint density at radius 2 is 1.17 bits per heavy atom. The Bertz CT molecular complexity index is 389. The minimum absolute atomic E-state index is 1.32. The van der Waals surface area contributed by atoms with Crippen molar-refractivity contribution in [1.29, 1.82) is 0 Å². The van der Waals surface area contributed by atoms with Crippen molar-refractivity contribution < 1.29 is 0 Å². The summed E-state index contributed by atoms with van der Waals surface area (Å²) in [7, 11) is 0. The zero-order chi connectivity index (χ0) is 17.0. The van der Waals surface area contributed by atoms with Gasteiger partial charge in [-0.05, 0) is 0 Å². The van der Waals surface area contributed by atoms with Crippen molar-refractivity contribution >= 4 is 32.6 Å². The van der Waals surface area contributed by atoms with Gasteiger partial charge in [0.05, 0.1) is 0 Å². The third-order valence-electron chi connectivity index (χ3n) is 4.68. The van der Waals surface area contributed by atoms with Crippen LogP contribution in [0.5, 0.6) is 0 Å². The van der Waals surface area contributed by atoms with Crippen LogP contribution < -0.4 is 2.89 Å². The van der Waals surface area contributed by atoms with E-state index in [1.165, 1.54) is 83.5 Å². The van der Waals surface area contributed by atoms with Crippen molar-refractivity contribution in [2.45, 2.75) is 105 Å². The van der Waals surface area contributed by atoms with Gasteiger partial charge < -0.3 is 0 Å². The first-order valence-corrected chi connectivity index (χ1v) is 20.9. The van der Waals surface area contributed by atoms with E-state index in [0.717, 1.165) is 0 Å². The Kier molecular flexibility index (Phi) is 12.0. The Balaban J connectivity index is 1.91. The van der Waals surface area contributed by atoms with E-state index in [1.807, 2.05) is 0 Å². The molecule has 0 N–H and O–H groups in total. The van der Waals surface area contributed by atoms with E-state index in [9.17, 15) is 0 Å². The third-order valence-corrected chi connectivity index (χ3v) is 15.3. The summed E-state index contributed by atoms with van der Waals surface area (Å²) < 4.78 is 1.74. The van der Waals surface area contributed by atoms with Crippen molar-refractivity contribution in [3.63, 3.8) is 0 Å². The molecule has 0 fully saturated rings. The van der Waals surface area contributed by atoms with Gasteiger partial charge >= 0.3 is 122 Å². The van der Waals surface area contributed by atoms with Gasteiger partial charge in [-0.2, -0.15) is 0 Å². The molecule has 0 saturated carbocycles. The molecular weight excluding hydrogens is 403 g/mol. The van der Waals surface area contributed by atoms with Crippen molar-refractivity contribution in [2.24, 2.45) is 0 Å². The van der Waals surface area contributed by atoms with Gasteiger partial charge in [-0.1, -0.05) is 32.6 Å². The minimum atomic E-state index is -1.79. The predicted octanol–water partition coefficient (Wildman–Crippen LogP) is 7.54. The first-order valence-electron chi connectivity index (χ1n) is 10.1. The number of aryl methyl sites for hydroxylation is 1. The zero-order valence-electron chi connectivity index (χ0n) is 16.3. The molecule has 1 heterocycles. The molecule has 0 spiro atoms. The Morgan fingerprint density at radius 3 is 1.61 bits per heavy atom. The van der Waals surface area contributed by atoms with Gasteiger partial charge in [-0.25, -0.2) is 0 Å². The maximum atomic E-state index is 2.52. The van der Waals surface area contributed by atoms with E-state index >= 15 is 0 Å². The first kappa shape index (κ1) is 21.5. The molecule has 0 aromatic carbocycles. The fourth-order valence-corrected chi connectivity index (χ4v) is 9.57. The molecule has 1 aromatic heterocycles. The maximum absolute atomic E-state index is 2.52. The average molecular weight is 443 g/mol. The predicted molar refractivity (Wildman–Crippen MR) is 112 cm³/mol. The molecule has 0 aliphatic carbocycles. The topological polar surface area (TPSA) is 0 Å². The normalized spacial score (nSPS) is 12.0. The van der Waals surface area contributed by atoms with E-state index < -0.39 is 18.4 Å². The number of hydrogen-bond acceptors (Lipinski definition) is 1. The third kappa shape index (κ3) is 10.9. The van der Waals surface area contributed by atoms with E-state index in [1.54, 1.807) is 7.77 Å². The van der Waals surface area contributed by atoms with Gasteiger partial charge in [0.15, 0.2) is 0 Å². The quantitative estimate of drug-likeness (QED) is 0.206. The van der Waals surface area contributed by atoms with Crippen LogP contribution in [0.25, 0.3) is 0 Å². The molecule has 2 heteroatoms. The average Bonchev–Trinajstić information content (AvgIpc) is 2.97. The van der Waals surface area contributed by atoms with Gasteiger partial charge in [0.25, 0.3) is 0 Å². The van der Waals surface area contributed by atoms with Crippen LogP contribution >= 0.6 is 11.3 Å². The zero-order valence-corrected chi connectivity index (χ0v) is 19.9. The SMILES string of the molecule is CCCCCCCCCCCCCCc1cc[c]([Sn]([CH3])([CH3])[CH3])s1. The summed E-state index contributed by atoms with van der Waals surface area (Å²) in [6, 6.07) is 4.83. The van der Waals surface area contributed by atoms with Gasteiger partial charge in [0.2, 0.25) is 0 Å². The van der Waals surface area contributed by atoms with Crippen molar-refractivity contribution in [2.75, 3.05) is 0 Å². The molecule has 0 aliphatic heterocycles. The molecule has 0 aliphatic rings. The van der Waals surface area contributed by atoms with Crippen LogP contribution in [-0.4, -0.2) is 18.4 Å². The second-order valence-corrected chi connectivity index (χ2v) is 24.7. The summed E-state index contributed by atoms with van der Waals surface area (Å²) in [5.74, 6) is 0. The first-order chi connectivity index (χ1) is 11.0. The summed E-state index contributed by atoms with van der Waals surface area (Å²) >= 11 is 0.323. The molecule has 0 unspecified atom stereocenters. The number of unbranched alkanes of at least 4 members (excludes halogenated alkanes) is 11. The fraction of sp³-hybridized carbons (Fsp3) is 0.810. The van der Waals surface area contributed by atoms with Crippen LogP contribution in [0.4, 0.5) is 0 Å². The fourth-order valence-electron chi connectivity index (χ4n) is 3.06. The summed E-state index contributed by atoms with van der Waals surface area (Å²) in [4.78, 5) is 9.20. The molecule has 1 aromatic rings. The summed E-state index contributed by atoms with van der Waals surface area (Å²) in [6.45, 7) is 2.30. The molecule has 0 saturated heterocycles. The molecule has 1 rings (SSSR count). The number of rotatable bonds is 14. The molecule has 0 atom stereocenters. The molecule has 0 nitrogen and oxygen atoms in total. The molecule has 0 amide bonds. The van der Waals surface area contributed by atoms with Crippen LogP contribution in [0.1, 0.15) is 88.9 Å². The molecule has 23 heavy (non-hydrogen) atoms. The molecule has 134 valence electrons. The molecular formula is C21H40SSn. The van der Waals surface area contributed by atoms with Crippen LogP contribution in [0, 0.1) is 0 Å². The number of thiophene rings is 1. The Hall–Kier alpha value is 0.499. The van der Waals surface area contributed by atoms with Gasteiger partial charge in [-0.15, -0.1) is 0 Å². The van der Waals surface area contributed by atoms with Crippen molar-refractivity contribution in [1.82, 2.24) is 0 Å². The van der Waals surface area contributed by atoms with E-state index in [2.05, 4.69) is 45.2 Å². The van der Waals surface area contributed by atoms with E-state index in [4.69, 9.17) is 0 Å². The monoisotopic (exact) mass is 444 g/mol. The van der Waals surface area contributed by atoms with E-state index in [0.29, 0.717) is 0 Å². The summed E-state index contributed by atoms with van der Waals surface area (Å²) in [6.07, 6.45) is 18.7. The van der Waals surface area contributed by atoms with E-state index in [-0.39, 0.29) is 0 Å².